The standard InChI is InChI=1S/C24H29N3O5S/c1-3-13-31-19-8-9-22(30-2)20(15-19)21-16-33-24(26-21)27-23(29)17-4-6-18(7-5-17)32-14-11-25-10-12-28/h4-9,15-16,25,28H,3,10-14H2,1-2H3,(H,26,27,29). The Morgan fingerprint density at radius 1 is 1.06 bits per heavy atom. The van der Waals surface area contributed by atoms with Crippen LogP contribution in [0.25, 0.3) is 11.3 Å². The molecule has 2 aromatic carbocycles. The summed E-state index contributed by atoms with van der Waals surface area (Å²) in [4.78, 5) is 17.2. The van der Waals surface area contributed by atoms with Crippen LogP contribution in [0.5, 0.6) is 17.2 Å². The molecule has 1 amide bonds. The predicted octanol–water partition coefficient (Wildman–Crippen LogP) is 3.82. The molecule has 0 bridgehead atoms. The largest absolute Gasteiger partial charge is 0.496 e. The number of carbonyl (C=O) groups excluding carboxylic acids is 1. The van der Waals surface area contributed by atoms with E-state index in [4.69, 9.17) is 19.3 Å². The third kappa shape index (κ3) is 7.18. The average molecular weight is 472 g/mol. The van der Waals surface area contributed by atoms with Crippen LogP contribution in [0.2, 0.25) is 0 Å². The molecule has 0 aliphatic heterocycles. The number of rotatable bonds is 13. The highest BCUT2D eigenvalue weighted by Crippen LogP contribution is 2.35. The molecule has 0 spiro atoms. The highest BCUT2D eigenvalue weighted by molar-refractivity contribution is 7.14. The number of methoxy groups -OCH3 is 1. The van der Waals surface area contributed by atoms with Gasteiger partial charge >= 0.3 is 0 Å². The van der Waals surface area contributed by atoms with Crippen molar-refractivity contribution < 1.29 is 24.1 Å². The van der Waals surface area contributed by atoms with Gasteiger partial charge in [-0.1, -0.05) is 6.92 Å². The molecule has 0 atom stereocenters. The van der Waals surface area contributed by atoms with E-state index < -0.39 is 0 Å². The molecule has 0 fully saturated rings. The number of aliphatic hydroxyl groups is 1. The second-order valence-electron chi connectivity index (χ2n) is 7.05. The van der Waals surface area contributed by atoms with Crippen LogP contribution in [0.15, 0.2) is 47.8 Å². The summed E-state index contributed by atoms with van der Waals surface area (Å²) in [5.41, 5.74) is 2.01. The number of amides is 1. The Bertz CT molecular complexity index is 1020. The monoisotopic (exact) mass is 471 g/mol. The van der Waals surface area contributed by atoms with Crippen LogP contribution >= 0.6 is 11.3 Å². The first-order chi connectivity index (χ1) is 16.1. The molecule has 0 unspecified atom stereocenters. The number of aromatic nitrogens is 1. The van der Waals surface area contributed by atoms with Crippen molar-refractivity contribution in [2.75, 3.05) is 45.3 Å². The van der Waals surface area contributed by atoms with Crippen molar-refractivity contribution in [2.45, 2.75) is 13.3 Å². The maximum absolute atomic E-state index is 12.6. The summed E-state index contributed by atoms with van der Waals surface area (Å²) in [7, 11) is 1.61. The van der Waals surface area contributed by atoms with Crippen molar-refractivity contribution in [2.24, 2.45) is 0 Å². The van der Waals surface area contributed by atoms with Crippen LogP contribution in [0.3, 0.4) is 0 Å². The number of anilines is 1. The lowest BCUT2D eigenvalue weighted by atomic mass is 10.1. The third-order valence-electron chi connectivity index (χ3n) is 4.60. The maximum Gasteiger partial charge on any atom is 0.257 e. The fraction of sp³-hybridized carbons (Fsp3) is 0.333. The smallest absolute Gasteiger partial charge is 0.257 e. The zero-order valence-electron chi connectivity index (χ0n) is 18.8. The van der Waals surface area contributed by atoms with Crippen molar-refractivity contribution in [3.8, 4) is 28.5 Å². The first-order valence-electron chi connectivity index (χ1n) is 10.8. The molecule has 0 saturated heterocycles. The molecule has 176 valence electrons. The summed E-state index contributed by atoms with van der Waals surface area (Å²) >= 11 is 1.34. The minimum absolute atomic E-state index is 0.0949. The van der Waals surface area contributed by atoms with E-state index in [1.807, 2.05) is 23.6 Å². The lowest BCUT2D eigenvalue weighted by molar-refractivity contribution is 0.102. The van der Waals surface area contributed by atoms with Gasteiger partial charge in [0.25, 0.3) is 5.91 Å². The van der Waals surface area contributed by atoms with Gasteiger partial charge in [0.1, 0.15) is 23.9 Å². The number of nitrogens with zero attached hydrogens (tertiary/aromatic N) is 1. The van der Waals surface area contributed by atoms with Gasteiger partial charge in [-0.15, -0.1) is 11.3 Å². The molecule has 0 aliphatic carbocycles. The van der Waals surface area contributed by atoms with E-state index in [0.717, 1.165) is 17.7 Å². The number of ether oxygens (including phenoxy) is 3. The van der Waals surface area contributed by atoms with Gasteiger partial charge in [-0.25, -0.2) is 4.98 Å². The number of thiazole rings is 1. The first kappa shape index (κ1) is 24.5. The van der Waals surface area contributed by atoms with Gasteiger partial charge in [-0.2, -0.15) is 0 Å². The van der Waals surface area contributed by atoms with E-state index in [-0.39, 0.29) is 12.5 Å². The number of aliphatic hydroxyl groups excluding tert-OH is 1. The molecule has 0 aliphatic rings. The van der Waals surface area contributed by atoms with Crippen LogP contribution in [-0.2, 0) is 0 Å². The molecule has 1 aromatic heterocycles. The summed E-state index contributed by atoms with van der Waals surface area (Å²) < 4.78 is 16.8. The first-order valence-corrected chi connectivity index (χ1v) is 11.6. The van der Waals surface area contributed by atoms with Crippen molar-refractivity contribution in [3.05, 3.63) is 53.4 Å². The van der Waals surface area contributed by atoms with E-state index in [1.54, 1.807) is 31.4 Å². The molecule has 8 nitrogen and oxygen atoms in total. The minimum atomic E-state index is -0.251. The fourth-order valence-electron chi connectivity index (χ4n) is 2.97. The zero-order valence-corrected chi connectivity index (χ0v) is 19.6. The Balaban J connectivity index is 1.62. The number of nitrogens with one attached hydrogen (secondary N) is 2. The van der Waals surface area contributed by atoms with Crippen LogP contribution in [0.4, 0.5) is 5.13 Å². The van der Waals surface area contributed by atoms with Crippen molar-refractivity contribution in [1.29, 1.82) is 0 Å². The Morgan fingerprint density at radius 2 is 1.82 bits per heavy atom. The third-order valence-corrected chi connectivity index (χ3v) is 5.35. The van der Waals surface area contributed by atoms with E-state index in [9.17, 15) is 4.79 Å². The fourth-order valence-corrected chi connectivity index (χ4v) is 3.67. The van der Waals surface area contributed by atoms with Gasteiger partial charge in [0.2, 0.25) is 0 Å². The Labute approximate surface area is 197 Å². The second kappa shape index (κ2) is 12.8. The van der Waals surface area contributed by atoms with Gasteiger partial charge in [-0.05, 0) is 48.9 Å². The molecule has 3 aromatic rings. The quantitative estimate of drug-likeness (QED) is 0.326. The molecule has 9 heteroatoms. The molecular formula is C24H29N3O5S. The Morgan fingerprint density at radius 3 is 2.55 bits per heavy atom. The Kier molecular flexibility index (Phi) is 9.49. The van der Waals surface area contributed by atoms with Gasteiger partial charge in [0.15, 0.2) is 5.13 Å². The molecule has 3 rings (SSSR count). The highest BCUT2D eigenvalue weighted by Gasteiger charge is 2.14. The number of hydrogen-bond donors (Lipinski definition) is 3. The van der Waals surface area contributed by atoms with Crippen LogP contribution < -0.4 is 24.8 Å². The minimum Gasteiger partial charge on any atom is -0.496 e. The molecule has 1 heterocycles. The highest BCUT2D eigenvalue weighted by atomic mass is 32.1. The number of benzene rings is 2. The molecule has 0 saturated carbocycles. The second-order valence-corrected chi connectivity index (χ2v) is 7.91. The summed E-state index contributed by atoms with van der Waals surface area (Å²) in [6, 6.07) is 12.5. The molecule has 3 N–H and O–H groups in total. The van der Waals surface area contributed by atoms with E-state index in [1.165, 1.54) is 11.3 Å². The zero-order chi connectivity index (χ0) is 23.5. The normalized spacial score (nSPS) is 10.6. The van der Waals surface area contributed by atoms with Crippen molar-refractivity contribution in [1.82, 2.24) is 10.3 Å². The number of carbonyl (C=O) groups is 1. The van der Waals surface area contributed by atoms with E-state index in [2.05, 4.69) is 22.5 Å². The predicted molar refractivity (Wildman–Crippen MR) is 130 cm³/mol. The van der Waals surface area contributed by atoms with Crippen LogP contribution in [0.1, 0.15) is 23.7 Å². The van der Waals surface area contributed by atoms with Gasteiger partial charge in [0.05, 0.1) is 26.0 Å². The van der Waals surface area contributed by atoms with E-state index in [0.29, 0.717) is 54.2 Å². The lowest BCUT2D eigenvalue weighted by Crippen LogP contribution is -2.23. The molecular weight excluding hydrogens is 442 g/mol. The molecule has 0 radical (unpaired) electrons. The van der Waals surface area contributed by atoms with Gasteiger partial charge in [0, 0.05) is 29.6 Å². The van der Waals surface area contributed by atoms with Crippen molar-refractivity contribution >= 4 is 22.4 Å². The lowest BCUT2D eigenvalue weighted by Gasteiger charge is -2.10. The van der Waals surface area contributed by atoms with Gasteiger partial charge < -0.3 is 24.6 Å². The van der Waals surface area contributed by atoms with E-state index >= 15 is 0 Å². The summed E-state index contributed by atoms with van der Waals surface area (Å²) in [5.74, 6) is 1.85. The van der Waals surface area contributed by atoms with Gasteiger partial charge in [-0.3, -0.25) is 10.1 Å². The maximum atomic E-state index is 12.6. The Hall–Kier alpha value is -3.14. The van der Waals surface area contributed by atoms with Crippen LogP contribution in [-0.4, -0.2) is 56.0 Å². The summed E-state index contributed by atoms with van der Waals surface area (Å²) in [6.07, 6.45) is 0.920. The number of hydrogen-bond acceptors (Lipinski definition) is 8. The van der Waals surface area contributed by atoms with Crippen LogP contribution in [0, 0.1) is 0 Å². The van der Waals surface area contributed by atoms with Crippen molar-refractivity contribution in [3.63, 3.8) is 0 Å². The molecule has 33 heavy (non-hydrogen) atoms. The topological polar surface area (TPSA) is 102 Å². The summed E-state index contributed by atoms with van der Waals surface area (Å²) in [6.45, 7) is 4.42. The average Bonchev–Trinajstić information content (AvgIpc) is 3.31. The SMILES string of the molecule is CCCOc1ccc(OC)c(-c2csc(NC(=O)c3ccc(OCCNCCO)cc3)n2)c1. The summed E-state index contributed by atoms with van der Waals surface area (Å²) in [5, 5.41) is 17.0.